The van der Waals surface area contributed by atoms with Crippen molar-refractivity contribution in [2.45, 2.75) is 297 Å². The number of methoxy groups -OCH3 is 2. The highest BCUT2D eigenvalue weighted by molar-refractivity contribution is 8.77. The molecule has 0 saturated carbocycles. The Balaban J connectivity index is 0.949. The van der Waals surface area contributed by atoms with E-state index in [1.807, 2.05) is 67.6 Å². The Hall–Kier alpha value is -8.70. The van der Waals surface area contributed by atoms with Crippen LogP contribution in [0.5, 0.6) is 5.75 Å². The molecule has 744 valence electrons. The van der Waals surface area contributed by atoms with Gasteiger partial charge in [-0.2, -0.15) is 0 Å². The first-order valence-corrected chi connectivity index (χ1v) is 52.2. The van der Waals surface area contributed by atoms with Gasteiger partial charge < -0.3 is 107 Å². The molecule has 10 amide bonds. The molecule has 135 heavy (non-hydrogen) atoms. The van der Waals surface area contributed by atoms with Gasteiger partial charge in [-0.1, -0.05) is 211 Å². The number of rotatable bonds is 40. The van der Waals surface area contributed by atoms with E-state index >= 15 is 19.2 Å². The normalized spacial score (nSPS) is 25.5. The molecule has 19 atom stereocenters. The highest BCUT2D eigenvalue weighted by Crippen LogP contribution is 2.50. The summed E-state index contributed by atoms with van der Waals surface area (Å²) < 4.78 is 30.2. The van der Waals surface area contributed by atoms with Crippen LogP contribution in [-0.4, -0.2) is 268 Å². The van der Waals surface area contributed by atoms with Crippen LogP contribution < -0.4 is 63.2 Å². The smallest absolute Gasteiger partial charge is 0.409 e. The molecular formula is C97H140ClN13O20S4. The van der Waals surface area contributed by atoms with Crippen LogP contribution in [0.4, 0.5) is 10.5 Å². The Labute approximate surface area is 813 Å². The van der Waals surface area contributed by atoms with Gasteiger partial charge in [0.1, 0.15) is 77.0 Å². The fourth-order valence-corrected chi connectivity index (χ4v) is 22.4. The van der Waals surface area contributed by atoms with E-state index < -0.39 is 181 Å². The number of nitrogens with zero attached hydrogens (tertiary/aromatic N) is 2. The molecular weight excluding hydrogens is 1830 g/mol. The summed E-state index contributed by atoms with van der Waals surface area (Å²) in [6.45, 7) is 11.6. The van der Waals surface area contributed by atoms with Crippen molar-refractivity contribution in [3.8, 4) is 5.75 Å². The third kappa shape index (κ3) is 32.7. The van der Waals surface area contributed by atoms with Gasteiger partial charge in [-0.15, -0.1) is 0 Å². The number of unbranched alkanes of at least 4 members (excludes halogenated alkanes) is 8. The van der Waals surface area contributed by atoms with E-state index in [1.54, 1.807) is 87.3 Å². The molecule has 0 aliphatic carbocycles. The number of aliphatic hydroxyl groups is 4. The summed E-state index contributed by atoms with van der Waals surface area (Å²) in [6.07, 6.45) is 7.59. The zero-order valence-electron chi connectivity index (χ0n) is 79.3. The van der Waals surface area contributed by atoms with Gasteiger partial charge in [0.15, 0.2) is 5.72 Å². The first-order chi connectivity index (χ1) is 64.6. The maximum Gasteiger partial charge on any atom is 0.409 e. The first-order valence-electron chi connectivity index (χ1n) is 47.0. The monoisotopic (exact) mass is 1970 g/mol. The van der Waals surface area contributed by atoms with Gasteiger partial charge in [-0.25, -0.2) is 9.59 Å². The van der Waals surface area contributed by atoms with Gasteiger partial charge in [0, 0.05) is 92.4 Å². The van der Waals surface area contributed by atoms with Crippen molar-refractivity contribution in [2.24, 2.45) is 11.7 Å². The molecule has 4 aromatic carbocycles. The number of H-pyrrole nitrogens is 1. The number of aromatic nitrogens is 1. The number of fused-ring (bicyclic) bond motifs is 6. The molecule has 5 aromatic rings. The molecule has 4 aliphatic rings. The van der Waals surface area contributed by atoms with Crippen molar-refractivity contribution in [3.05, 3.63) is 142 Å². The van der Waals surface area contributed by atoms with E-state index in [1.165, 1.54) is 68.6 Å². The zero-order valence-corrected chi connectivity index (χ0v) is 83.3. The van der Waals surface area contributed by atoms with E-state index in [0.717, 1.165) is 94.1 Å². The van der Waals surface area contributed by atoms with Gasteiger partial charge in [-0.3, -0.25) is 48.5 Å². The van der Waals surface area contributed by atoms with Crippen molar-refractivity contribution in [3.63, 3.8) is 0 Å². The molecule has 3 saturated heterocycles. The standard InChI is InChI=1S/C97H140ClN13O20S4/c1-12-13-14-15-16-17-18-25-36-67(135-132-45-42-82(115)110(8)60(4)94(124)130-81-52-83(116)111(9)77-49-65(50-78(127-10)84(77)98)46-58(2)31-30-40-80(128-11)97(126)53-79(129-95(125)109-97)59(3)86-96(81,7)131-86)41-44-100-71(47-63-32-21-19-22-33-63)88(118)106-75-56-133-134-57-76(92(122)105-74(55-112)61(5)113)107-93(123)85(62(6)114)108-87(117)70(39-28-29-43-99)102-90(120)73(51-66-54-101-69-38-27-26-37-68(66)69)104-89(119)72(103-91(75)121)48-64-34-23-20-24-35-64/h19-24,26-27,31-35,37-38,49-50,54,59-62,67,70-76,79-81,85-86,100-101,112-114,126H,12-18,25,28-30,36,39-48,51-53,55-57,99H2,1-11H3,(H,102,120)(H,103,121)(H,104,119)(H,105,122)(H,106,118)(H,107,123)(H,108,117)(H,109,125)/b58-31+/t59-,60+,61-,62-,67?,70+,71-,72+,73-,74+,75+,76+,79+,80-,81+,85+,86+,96?,97+/m1/s1. The number of carbonyl (C=O) groups excluding carboxylic acids is 11. The number of hydrogen-bond acceptors (Lipinski definition) is 26. The number of esters is 1. The number of amides is 10. The SMILES string of the molecule is CCCCCCCCCCC(CCN[C@H](Cc1ccccc1)C(=O)N[C@H]1CSSC[C@@H](C(=O)N[C@@H](CO)[C@@H](C)O)NC(=O)[C@H]([C@@H](C)O)NC(=O)[C@H](CCCCN)NC(=O)[C@@H](Cc2c[nH]c3ccccc23)NC(=O)[C@H](Cc2ccccc2)NC1=O)SSCCC(=O)N(C)[C@@H](C)C(=O)O[C@H]1CC(=O)N(C)c2cc(cc(OC)c2Cl)C/C(C)=C/CC[C@@H](OC)[C@@]2(O)C[C@H](OC(=O)N2)[C@@H](C)[C@@H]2OC12C. The maximum atomic E-state index is 15.6. The highest BCUT2D eigenvalue weighted by Gasteiger charge is 2.65. The van der Waals surface area contributed by atoms with Crippen molar-refractivity contribution < 1.29 is 96.9 Å². The maximum absolute atomic E-state index is 15.6. The average Bonchev–Trinajstić information content (AvgIpc) is 1.56. The number of para-hydroxylation sites is 1. The molecule has 9 rings (SSSR count). The van der Waals surface area contributed by atoms with E-state index in [0.29, 0.717) is 73.4 Å². The zero-order chi connectivity index (χ0) is 98.1. The number of anilines is 1. The van der Waals surface area contributed by atoms with Crippen LogP contribution in [0.25, 0.3) is 10.9 Å². The number of nitrogens with two attached hydrogens (primary N) is 1. The minimum Gasteiger partial charge on any atom is -0.495 e. The third-order valence-corrected chi connectivity index (χ3v) is 31.3. The first kappa shape index (κ1) is 110. The lowest BCUT2D eigenvalue weighted by molar-refractivity contribution is -0.162. The lowest BCUT2D eigenvalue weighted by Gasteiger charge is -2.43. The number of nitrogens with one attached hydrogen (secondary N) is 10. The molecule has 3 fully saturated rings. The number of carbonyl (C=O) groups is 11. The summed E-state index contributed by atoms with van der Waals surface area (Å²) in [6, 6.07) is 16.8. The minimum atomic E-state index is -1.84. The van der Waals surface area contributed by atoms with Gasteiger partial charge in [0.2, 0.25) is 53.2 Å². The average molecular weight is 1970 g/mol. The molecule has 5 heterocycles. The fraction of sp³-hybridized carbons (Fsp3) is 0.598. The van der Waals surface area contributed by atoms with Gasteiger partial charge in [-0.05, 0) is 146 Å². The second kappa shape index (κ2) is 54.6. The number of likely N-dealkylation sites (N-methyl/N-ethyl adjacent to an activating group) is 1. The summed E-state index contributed by atoms with van der Waals surface area (Å²) in [5.41, 5.74) is 7.56. The number of alkyl carbamates (subject to hydrolysis) is 1. The molecule has 2 unspecified atom stereocenters. The molecule has 4 bridgehead atoms. The molecule has 4 aliphatic heterocycles. The van der Waals surface area contributed by atoms with Gasteiger partial charge in [0.05, 0.1) is 56.2 Å². The Morgan fingerprint density at radius 2 is 1.44 bits per heavy atom. The molecule has 38 heteroatoms. The number of hydrogen-bond donors (Lipinski definition) is 15. The van der Waals surface area contributed by atoms with Crippen LogP contribution in [0, 0.1) is 5.92 Å². The number of ether oxygens (including phenoxy) is 5. The van der Waals surface area contributed by atoms with Gasteiger partial charge >= 0.3 is 12.1 Å². The molecule has 0 spiro atoms. The second-order valence-electron chi connectivity index (χ2n) is 35.9. The van der Waals surface area contributed by atoms with E-state index in [2.05, 4.69) is 59.8 Å². The minimum absolute atomic E-state index is 0.0118. The van der Waals surface area contributed by atoms with Crippen LogP contribution in [0.2, 0.25) is 5.02 Å². The molecule has 33 nitrogen and oxygen atoms in total. The molecule has 1 aromatic heterocycles. The largest absolute Gasteiger partial charge is 0.495 e. The lowest BCUT2D eigenvalue weighted by atomic mass is 9.83. The lowest BCUT2D eigenvalue weighted by Crippen LogP contribution is -2.64. The van der Waals surface area contributed by atoms with Crippen LogP contribution in [0.3, 0.4) is 0 Å². The summed E-state index contributed by atoms with van der Waals surface area (Å²) in [5, 5.41) is 70.7. The summed E-state index contributed by atoms with van der Waals surface area (Å²) >= 11 is 6.97. The topological polar surface area (TPSA) is 475 Å². The summed E-state index contributed by atoms with van der Waals surface area (Å²) in [5.74, 6) is -7.91. The second-order valence-corrected chi connectivity index (χ2v) is 41.6. The number of aromatic amines is 1. The Bertz CT molecular complexity index is 4760. The predicted molar refractivity (Wildman–Crippen MR) is 527 cm³/mol. The van der Waals surface area contributed by atoms with E-state index in [-0.39, 0.29) is 72.8 Å². The number of halogens is 1. The Morgan fingerprint density at radius 3 is 2.11 bits per heavy atom. The summed E-state index contributed by atoms with van der Waals surface area (Å²) in [7, 11) is 11.2. The van der Waals surface area contributed by atoms with Crippen LogP contribution in [0.1, 0.15) is 186 Å². The van der Waals surface area contributed by atoms with Crippen molar-refractivity contribution in [1.29, 1.82) is 0 Å². The Kier molecular flexibility index (Phi) is 44.5. The van der Waals surface area contributed by atoms with Crippen molar-refractivity contribution in [2.75, 3.05) is 70.2 Å². The van der Waals surface area contributed by atoms with Crippen LogP contribution in [-0.2, 0) is 92.6 Å². The number of benzene rings is 4. The molecule has 0 radical (unpaired) electrons. The van der Waals surface area contributed by atoms with Crippen molar-refractivity contribution in [1.82, 2.24) is 57.7 Å². The number of aliphatic hydroxyl groups excluding tert-OH is 3. The van der Waals surface area contributed by atoms with Crippen LogP contribution >= 0.6 is 54.8 Å². The predicted octanol–water partition coefficient (Wildman–Crippen LogP) is 8.64. The highest BCUT2D eigenvalue weighted by atomic mass is 35.5. The Morgan fingerprint density at radius 1 is 0.785 bits per heavy atom. The van der Waals surface area contributed by atoms with E-state index in [9.17, 15) is 54.0 Å². The van der Waals surface area contributed by atoms with E-state index in [4.69, 9.17) is 41.0 Å². The van der Waals surface area contributed by atoms with Gasteiger partial charge in [0.25, 0.3) is 0 Å². The summed E-state index contributed by atoms with van der Waals surface area (Å²) in [4.78, 5) is 168. The fourth-order valence-electron chi connectivity index (χ4n) is 17.0. The quantitative estimate of drug-likeness (QED) is 0.00573. The van der Waals surface area contributed by atoms with Crippen LogP contribution in [0.15, 0.2) is 115 Å². The third-order valence-electron chi connectivity index (χ3n) is 25.5. The number of epoxide rings is 1. The number of allylic oxidation sites excluding steroid dienone is 2. The van der Waals surface area contributed by atoms with Crippen molar-refractivity contribution >= 4 is 137 Å². The molecule has 16 N–H and O–H groups in total.